The molecule has 1 saturated heterocycles. The van der Waals surface area contributed by atoms with Gasteiger partial charge in [0.25, 0.3) is 0 Å². The molecule has 0 radical (unpaired) electrons. The Morgan fingerprint density at radius 1 is 1.38 bits per heavy atom. The largest absolute Gasteiger partial charge is 0.387 e. The number of quaternary nitrogens is 1. The van der Waals surface area contributed by atoms with Crippen molar-refractivity contribution < 1.29 is 19.8 Å². The molecule has 0 spiro atoms. The Labute approximate surface area is 131 Å². The first kappa shape index (κ1) is 16.7. The molecule has 0 amide bonds. The molecule has 2 rings (SSSR count). The van der Waals surface area contributed by atoms with Crippen LogP contribution in [0.3, 0.4) is 0 Å². The number of halogens is 1. The summed E-state index contributed by atoms with van der Waals surface area (Å²) in [4.78, 5) is 1.25. The lowest BCUT2D eigenvalue weighted by Crippen LogP contribution is -3.15. The molecule has 21 heavy (non-hydrogen) atoms. The zero-order valence-electron chi connectivity index (χ0n) is 12.5. The van der Waals surface area contributed by atoms with Gasteiger partial charge in [0.05, 0.1) is 19.3 Å². The molecule has 1 aliphatic rings. The second kappa shape index (κ2) is 8.11. The van der Waals surface area contributed by atoms with Crippen LogP contribution in [0.25, 0.3) is 0 Å². The van der Waals surface area contributed by atoms with Gasteiger partial charge in [0.1, 0.15) is 25.3 Å². The third kappa shape index (κ3) is 5.57. The van der Waals surface area contributed by atoms with Crippen LogP contribution in [-0.4, -0.2) is 48.7 Å². The number of aliphatic hydroxyl groups excluding tert-OH is 2. The van der Waals surface area contributed by atoms with E-state index in [0.29, 0.717) is 18.2 Å². The molecule has 4 nitrogen and oxygen atoms in total. The summed E-state index contributed by atoms with van der Waals surface area (Å²) < 4.78 is 5.73. The van der Waals surface area contributed by atoms with Crippen LogP contribution >= 0.6 is 11.6 Å². The molecule has 4 atom stereocenters. The van der Waals surface area contributed by atoms with Crippen molar-refractivity contribution >= 4 is 11.6 Å². The highest BCUT2D eigenvalue weighted by molar-refractivity contribution is 6.30. The summed E-state index contributed by atoms with van der Waals surface area (Å²) in [5.41, 5.74) is 1.05. The molecule has 118 valence electrons. The smallest absolute Gasteiger partial charge is 0.126 e. The summed E-state index contributed by atoms with van der Waals surface area (Å²) in [6, 6.07) is 7.55. The number of nitrogens with one attached hydrogen (secondary N) is 1. The molecule has 1 aromatic rings. The van der Waals surface area contributed by atoms with Crippen molar-refractivity contribution in [2.24, 2.45) is 0 Å². The first-order valence-corrected chi connectivity index (χ1v) is 7.99. The zero-order chi connectivity index (χ0) is 15.2. The maximum Gasteiger partial charge on any atom is 0.126 e. The first-order chi connectivity index (χ1) is 10.0. The van der Waals surface area contributed by atoms with E-state index in [1.54, 1.807) is 0 Å². The van der Waals surface area contributed by atoms with E-state index >= 15 is 0 Å². The number of aliphatic hydroxyl groups is 2. The molecule has 0 aromatic heterocycles. The zero-order valence-corrected chi connectivity index (χ0v) is 13.2. The van der Waals surface area contributed by atoms with Gasteiger partial charge in [0.2, 0.25) is 0 Å². The van der Waals surface area contributed by atoms with Crippen molar-refractivity contribution in [2.75, 3.05) is 26.2 Å². The number of rotatable bonds is 6. The Morgan fingerprint density at radius 2 is 2.10 bits per heavy atom. The summed E-state index contributed by atoms with van der Waals surface area (Å²) in [5, 5.41) is 20.4. The molecular weight excluding hydrogens is 290 g/mol. The van der Waals surface area contributed by atoms with Crippen LogP contribution in [-0.2, 0) is 4.74 Å². The van der Waals surface area contributed by atoms with Gasteiger partial charge >= 0.3 is 0 Å². The fourth-order valence-electron chi connectivity index (χ4n) is 2.79. The van der Waals surface area contributed by atoms with E-state index in [1.165, 1.54) is 4.90 Å². The van der Waals surface area contributed by atoms with Crippen LogP contribution in [0.5, 0.6) is 0 Å². The van der Waals surface area contributed by atoms with Crippen molar-refractivity contribution in [2.45, 2.75) is 38.1 Å². The van der Waals surface area contributed by atoms with Crippen LogP contribution in [0.4, 0.5) is 0 Å². The number of hydrogen-bond donors (Lipinski definition) is 3. The molecule has 5 heteroatoms. The molecule has 3 N–H and O–H groups in total. The standard InChI is InChI=1S/C16H24ClNO3/c1-12(13-4-6-14(17)7-5-13)21-11-16(20)10-18-8-2-3-15(19)9-18/h4-7,12,15-16,19-20H,2-3,8-11H2,1H3/p+1/t12-,15-,16+/m0/s1. The summed E-state index contributed by atoms with van der Waals surface area (Å²) >= 11 is 5.86. The molecule has 1 heterocycles. The SMILES string of the molecule is C[C@H](OC[C@H](O)C[NH+]1CCC[C@H](O)C1)c1ccc(Cl)cc1. The van der Waals surface area contributed by atoms with Crippen molar-refractivity contribution in [3.8, 4) is 0 Å². The molecule has 0 saturated carbocycles. The van der Waals surface area contributed by atoms with Gasteiger partial charge in [-0.25, -0.2) is 0 Å². The van der Waals surface area contributed by atoms with Gasteiger partial charge in [0, 0.05) is 5.02 Å². The Morgan fingerprint density at radius 3 is 2.76 bits per heavy atom. The van der Waals surface area contributed by atoms with Gasteiger partial charge in [-0.05, 0) is 37.5 Å². The van der Waals surface area contributed by atoms with E-state index in [1.807, 2.05) is 31.2 Å². The molecule has 0 aliphatic carbocycles. The average Bonchev–Trinajstić information content (AvgIpc) is 2.45. The minimum atomic E-state index is -0.500. The Hall–Kier alpha value is -0.650. The van der Waals surface area contributed by atoms with Crippen LogP contribution in [0.15, 0.2) is 24.3 Å². The lowest BCUT2D eigenvalue weighted by Gasteiger charge is -2.28. The lowest BCUT2D eigenvalue weighted by molar-refractivity contribution is -0.911. The van der Waals surface area contributed by atoms with E-state index in [0.717, 1.165) is 31.5 Å². The van der Waals surface area contributed by atoms with E-state index in [2.05, 4.69) is 0 Å². The van der Waals surface area contributed by atoms with Crippen LogP contribution in [0.2, 0.25) is 5.02 Å². The molecule has 0 bridgehead atoms. The third-order valence-corrected chi connectivity index (χ3v) is 4.25. The van der Waals surface area contributed by atoms with E-state index in [-0.39, 0.29) is 12.2 Å². The summed E-state index contributed by atoms with van der Waals surface area (Å²) in [6.07, 6.45) is 1.10. The fraction of sp³-hybridized carbons (Fsp3) is 0.625. The number of hydrogen-bond acceptors (Lipinski definition) is 3. The predicted molar refractivity (Wildman–Crippen MR) is 82.6 cm³/mol. The van der Waals surface area contributed by atoms with E-state index in [4.69, 9.17) is 16.3 Å². The van der Waals surface area contributed by atoms with E-state index < -0.39 is 6.10 Å². The minimum Gasteiger partial charge on any atom is -0.387 e. The monoisotopic (exact) mass is 314 g/mol. The topological polar surface area (TPSA) is 54.1 Å². The molecule has 1 unspecified atom stereocenters. The van der Waals surface area contributed by atoms with Crippen molar-refractivity contribution in [3.63, 3.8) is 0 Å². The number of piperidine rings is 1. The van der Waals surface area contributed by atoms with Gasteiger partial charge in [-0.2, -0.15) is 0 Å². The number of benzene rings is 1. The minimum absolute atomic E-state index is 0.0705. The van der Waals surface area contributed by atoms with Crippen molar-refractivity contribution in [3.05, 3.63) is 34.9 Å². The van der Waals surface area contributed by atoms with Crippen molar-refractivity contribution in [1.29, 1.82) is 0 Å². The van der Waals surface area contributed by atoms with Gasteiger partial charge < -0.3 is 19.8 Å². The second-order valence-electron chi connectivity index (χ2n) is 5.89. The molecule has 1 fully saturated rings. The lowest BCUT2D eigenvalue weighted by atomic mass is 10.1. The molecule has 1 aliphatic heterocycles. The van der Waals surface area contributed by atoms with Crippen molar-refractivity contribution in [1.82, 2.24) is 0 Å². The molecule has 1 aromatic carbocycles. The van der Waals surface area contributed by atoms with Gasteiger partial charge in [-0.1, -0.05) is 23.7 Å². The highest BCUT2D eigenvalue weighted by Gasteiger charge is 2.23. The third-order valence-electron chi connectivity index (χ3n) is 3.99. The Balaban J connectivity index is 1.72. The maximum absolute atomic E-state index is 10.1. The van der Waals surface area contributed by atoms with E-state index in [9.17, 15) is 10.2 Å². The number of likely N-dealkylation sites (tertiary alicyclic amines) is 1. The van der Waals surface area contributed by atoms with Crippen LogP contribution in [0.1, 0.15) is 31.4 Å². The second-order valence-corrected chi connectivity index (χ2v) is 6.32. The van der Waals surface area contributed by atoms with Gasteiger partial charge in [0.15, 0.2) is 0 Å². The highest BCUT2D eigenvalue weighted by Crippen LogP contribution is 2.19. The van der Waals surface area contributed by atoms with Crippen LogP contribution < -0.4 is 4.90 Å². The maximum atomic E-state index is 10.1. The fourth-order valence-corrected chi connectivity index (χ4v) is 2.91. The van der Waals surface area contributed by atoms with Crippen LogP contribution in [0, 0.1) is 0 Å². The van der Waals surface area contributed by atoms with Gasteiger partial charge in [-0.15, -0.1) is 0 Å². The average molecular weight is 315 g/mol. The number of ether oxygens (including phenoxy) is 1. The normalized spacial score (nSPS) is 25.5. The summed E-state index contributed by atoms with van der Waals surface area (Å²) in [7, 11) is 0. The first-order valence-electron chi connectivity index (χ1n) is 7.61. The Kier molecular flexibility index (Phi) is 6.45. The summed E-state index contributed by atoms with van der Waals surface area (Å²) in [6.45, 7) is 4.64. The quantitative estimate of drug-likeness (QED) is 0.728. The Bertz CT molecular complexity index is 426. The molecular formula is C16H25ClNO3+. The van der Waals surface area contributed by atoms with Gasteiger partial charge in [-0.3, -0.25) is 0 Å². The summed E-state index contributed by atoms with van der Waals surface area (Å²) in [5.74, 6) is 0. The highest BCUT2D eigenvalue weighted by atomic mass is 35.5. The predicted octanol–water partition coefficient (Wildman–Crippen LogP) is 0.818.